The maximum atomic E-state index is 6.21. The fourth-order valence-electron chi connectivity index (χ4n) is 2.73. The summed E-state index contributed by atoms with van der Waals surface area (Å²) in [6, 6.07) is 7.95. The molecule has 0 radical (unpaired) electrons. The summed E-state index contributed by atoms with van der Waals surface area (Å²) in [6.45, 7) is 9.10. The molecular formula is C19H26ClN5O2. The van der Waals surface area contributed by atoms with Crippen molar-refractivity contribution >= 4 is 17.2 Å². The fourth-order valence-corrected chi connectivity index (χ4v) is 2.89. The number of hydrogen-bond donors (Lipinski definition) is 2. The zero-order chi connectivity index (χ0) is 19.4. The van der Waals surface area contributed by atoms with Gasteiger partial charge in [0.2, 0.25) is 6.29 Å². The molecule has 0 spiro atoms. The Morgan fingerprint density at radius 3 is 2.85 bits per heavy atom. The molecule has 0 bridgehead atoms. The van der Waals surface area contributed by atoms with E-state index in [0.717, 1.165) is 29.3 Å². The molecule has 0 amide bonds. The number of benzene rings is 1. The smallest absolute Gasteiger partial charge is 0.201 e. The molecule has 3 aromatic rings. The topological polar surface area (TPSA) is 76.5 Å². The maximum absolute atomic E-state index is 6.21. The number of aromatic amines is 1. The van der Waals surface area contributed by atoms with Gasteiger partial charge in [-0.25, -0.2) is 4.98 Å². The van der Waals surface area contributed by atoms with Crippen LogP contribution in [0, 0.1) is 13.8 Å². The number of fused-ring (bicyclic) bond motifs is 1. The first-order valence-electron chi connectivity index (χ1n) is 9.14. The monoisotopic (exact) mass is 391 g/mol. The van der Waals surface area contributed by atoms with Crippen molar-refractivity contribution in [3.63, 3.8) is 0 Å². The highest BCUT2D eigenvalue weighted by atomic mass is 35.5. The number of ether oxygens (including phenoxy) is 2. The van der Waals surface area contributed by atoms with E-state index in [0.29, 0.717) is 23.9 Å². The van der Waals surface area contributed by atoms with Crippen LogP contribution in [0.15, 0.2) is 24.3 Å². The molecule has 7 nitrogen and oxygen atoms in total. The lowest BCUT2D eigenvalue weighted by molar-refractivity contribution is -0.0879. The van der Waals surface area contributed by atoms with Crippen molar-refractivity contribution in [2.75, 3.05) is 13.3 Å². The van der Waals surface area contributed by atoms with E-state index in [-0.39, 0.29) is 12.2 Å². The van der Waals surface area contributed by atoms with Crippen molar-refractivity contribution in [3.05, 3.63) is 46.4 Å². The van der Waals surface area contributed by atoms with Crippen LogP contribution < -0.4 is 10.1 Å². The number of rotatable bonds is 9. The first kappa shape index (κ1) is 19.7. The SMILES string of the molecule is CCC(OCNCC(C)c1nc2c(Cl)c(C)[nH]n2n1)Oc1cccc(C)c1. The van der Waals surface area contributed by atoms with Crippen LogP contribution in [0.1, 0.15) is 43.3 Å². The van der Waals surface area contributed by atoms with Crippen molar-refractivity contribution in [1.29, 1.82) is 0 Å². The molecule has 1 aromatic carbocycles. The lowest BCUT2D eigenvalue weighted by Gasteiger charge is -2.19. The number of hydrogen-bond acceptors (Lipinski definition) is 5. The Kier molecular flexibility index (Phi) is 6.36. The molecule has 146 valence electrons. The Hall–Kier alpha value is -2.09. The van der Waals surface area contributed by atoms with Crippen LogP contribution in [0.4, 0.5) is 0 Å². The zero-order valence-corrected chi connectivity index (χ0v) is 16.9. The van der Waals surface area contributed by atoms with Gasteiger partial charge in [-0.2, -0.15) is 4.63 Å². The number of nitrogens with one attached hydrogen (secondary N) is 2. The van der Waals surface area contributed by atoms with Gasteiger partial charge in [-0.05, 0) is 31.5 Å². The van der Waals surface area contributed by atoms with E-state index in [1.807, 2.05) is 45.0 Å². The predicted octanol–water partition coefficient (Wildman–Crippen LogP) is 3.81. The Morgan fingerprint density at radius 2 is 2.15 bits per heavy atom. The number of aromatic nitrogens is 4. The van der Waals surface area contributed by atoms with E-state index in [1.165, 1.54) is 0 Å². The summed E-state index contributed by atoms with van der Waals surface area (Å²) in [4.78, 5) is 4.51. The van der Waals surface area contributed by atoms with Crippen LogP contribution in [-0.4, -0.2) is 39.4 Å². The molecule has 2 unspecified atom stereocenters. The fraction of sp³-hybridized carbons (Fsp3) is 0.474. The molecule has 3 rings (SSSR count). The molecule has 2 aromatic heterocycles. The van der Waals surface area contributed by atoms with Crippen LogP contribution in [0.2, 0.25) is 5.02 Å². The summed E-state index contributed by atoms with van der Waals surface area (Å²) in [5, 5.41) is 11.4. The quantitative estimate of drug-likeness (QED) is 0.428. The summed E-state index contributed by atoms with van der Waals surface area (Å²) in [6.07, 6.45) is 0.469. The van der Waals surface area contributed by atoms with E-state index < -0.39 is 0 Å². The van der Waals surface area contributed by atoms with Crippen molar-refractivity contribution in [1.82, 2.24) is 25.1 Å². The number of H-pyrrole nitrogens is 1. The Labute approximate surface area is 164 Å². The van der Waals surface area contributed by atoms with Gasteiger partial charge in [-0.1, -0.05) is 37.6 Å². The molecule has 2 heterocycles. The summed E-state index contributed by atoms with van der Waals surface area (Å²) in [7, 11) is 0. The first-order chi connectivity index (χ1) is 13.0. The lowest BCUT2D eigenvalue weighted by atomic mass is 10.2. The number of aryl methyl sites for hydroxylation is 2. The minimum atomic E-state index is -0.291. The van der Waals surface area contributed by atoms with Crippen LogP contribution >= 0.6 is 11.6 Å². The van der Waals surface area contributed by atoms with E-state index >= 15 is 0 Å². The standard InChI is InChI=1S/C19H26ClN5O2/c1-5-16(27-15-8-6-7-12(2)9-15)26-11-21-10-13(3)18-22-19-17(20)14(4)23-25(19)24-18/h6-9,13,16,21,23H,5,10-11H2,1-4H3. The minimum Gasteiger partial charge on any atom is -0.465 e. The molecule has 27 heavy (non-hydrogen) atoms. The average Bonchev–Trinajstić information content (AvgIpc) is 3.17. The first-order valence-corrected chi connectivity index (χ1v) is 9.52. The van der Waals surface area contributed by atoms with Crippen LogP contribution in [-0.2, 0) is 4.74 Å². The van der Waals surface area contributed by atoms with Gasteiger partial charge in [0.05, 0.1) is 5.69 Å². The molecule has 0 aliphatic rings. The normalized spacial score (nSPS) is 13.8. The van der Waals surface area contributed by atoms with Crippen molar-refractivity contribution < 1.29 is 9.47 Å². The Balaban J connectivity index is 1.46. The molecule has 2 N–H and O–H groups in total. The van der Waals surface area contributed by atoms with Crippen molar-refractivity contribution in [2.24, 2.45) is 0 Å². The van der Waals surface area contributed by atoms with E-state index in [1.54, 1.807) is 4.63 Å². The highest BCUT2D eigenvalue weighted by Gasteiger charge is 2.16. The summed E-state index contributed by atoms with van der Waals surface area (Å²) in [5.74, 6) is 1.68. The molecule has 2 atom stereocenters. The van der Waals surface area contributed by atoms with Crippen molar-refractivity contribution in [2.45, 2.75) is 46.3 Å². The largest absolute Gasteiger partial charge is 0.465 e. The predicted molar refractivity (Wildman–Crippen MR) is 105 cm³/mol. The average molecular weight is 392 g/mol. The summed E-state index contributed by atoms with van der Waals surface area (Å²) in [5.41, 5.74) is 2.68. The molecule has 8 heteroatoms. The highest BCUT2D eigenvalue weighted by Crippen LogP contribution is 2.21. The van der Waals surface area contributed by atoms with E-state index in [9.17, 15) is 0 Å². The third-order valence-corrected chi connectivity index (χ3v) is 4.73. The Morgan fingerprint density at radius 1 is 1.33 bits per heavy atom. The molecular weight excluding hydrogens is 366 g/mol. The third kappa shape index (κ3) is 4.80. The second-order valence-electron chi connectivity index (χ2n) is 6.69. The van der Waals surface area contributed by atoms with Gasteiger partial charge in [0, 0.05) is 18.9 Å². The zero-order valence-electron chi connectivity index (χ0n) is 16.1. The number of halogens is 1. The van der Waals surface area contributed by atoms with Gasteiger partial charge >= 0.3 is 0 Å². The summed E-state index contributed by atoms with van der Waals surface area (Å²) < 4.78 is 13.3. The Bertz CT molecular complexity index is 891. The molecule has 0 fully saturated rings. The summed E-state index contributed by atoms with van der Waals surface area (Å²) >= 11 is 6.21. The van der Waals surface area contributed by atoms with Gasteiger partial charge in [0.25, 0.3) is 0 Å². The third-order valence-electron chi connectivity index (χ3n) is 4.28. The van der Waals surface area contributed by atoms with Gasteiger partial charge in [-0.3, -0.25) is 10.4 Å². The van der Waals surface area contributed by atoms with Crippen molar-refractivity contribution in [3.8, 4) is 5.75 Å². The van der Waals surface area contributed by atoms with Gasteiger partial charge in [-0.15, -0.1) is 5.10 Å². The maximum Gasteiger partial charge on any atom is 0.201 e. The second kappa shape index (κ2) is 8.73. The molecule has 0 aliphatic carbocycles. The van der Waals surface area contributed by atoms with E-state index in [2.05, 4.69) is 27.4 Å². The molecule has 0 aliphatic heterocycles. The molecule has 0 saturated heterocycles. The van der Waals surface area contributed by atoms with Crippen LogP contribution in [0.25, 0.3) is 5.65 Å². The van der Waals surface area contributed by atoms with Crippen LogP contribution in [0.5, 0.6) is 5.75 Å². The van der Waals surface area contributed by atoms with Gasteiger partial charge in [0.1, 0.15) is 17.5 Å². The number of nitrogens with zero attached hydrogens (tertiary/aromatic N) is 3. The van der Waals surface area contributed by atoms with Gasteiger partial charge in [0.15, 0.2) is 11.5 Å². The van der Waals surface area contributed by atoms with E-state index in [4.69, 9.17) is 21.1 Å². The minimum absolute atomic E-state index is 0.121. The van der Waals surface area contributed by atoms with Gasteiger partial charge < -0.3 is 9.47 Å². The van der Waals surface area contributed by atoms with Crippen LogP contribution in [0.3, 0.4) is 0 Å². The lowest BCUT2D eigenvalue weighted by Crippen LogP contribution is -2.29. The highest BCUT2D eigenvalue weighted by molar-refractivity contribution is 6.34. The molecule has 0 saturated carbocycles. The second-order valence-corrected chi connectivity index (χ2v) is 7.07.